The first-order chi connectivity index (χ1) is 17.2. The van der Waals surface area contributed by atoms with Crippen molar-refractivity contribution in [2.24, 2.45) is 10.6 Å². The van der Waals surface area contributed by atoms with Crippen molar-refractivity contribution in [3.63, 3.8) is 0 Å². The number of aliphatic carboxylic acids is 1. The lowest BCUT2D eigenvalue weighted by molar-refractivity contribution is -0.157. The number of nitrogens with zero attached hydrogens (tertiary/aromatic N) is 4. The van der Waals surface area contributed by atoms with Crippen LogP contribution in [0.3, 0.4) is 0 Å². The van der Waals surface area contributed by atoms with Gasteiger partial charge in [0.2, 0.25) is 5.91 Å². The minimum atomic E-state index is -1.15. The van der Waals surface area contributed by atoms with Gasteiger partial charge in [0.15, 0.2) is 10.1 Å². The standard InChI is InChI=1S/C21H21N5O7S3/c1-11(27)33-13-5-3-4-12(6-13)14(25-32-2)16(28)23-15-17(29)26-7-21(19(30)31,8-34-18(15)26)9-35-20-24-22-10-36-20/h3-6,10,15,18H,7-9H2,1-2H3,(H,23,28)(H,30,31)/t15?,18-,21?/m1/s1. The van der Waals surface area contributed by atoms with Crippen molar-refractivity contribution in [1.29, 1.82) is 0 Å². The van der Waals surface area contributed by atoms with E-state index in [0.717, 1.165) is 0 Å². The van der Waals surface area contributed by atoms with Crippen LogP contribution in [0, 0.1) is 5.41 Å². The van der Waals surface area contributed by atoms with Crippen molar-refractivity contribution >= 4 is 64.3 Å². The molecule has 3 heterocycles. The lowest BCUT2D eigenvalue weighted by atomic mass is 9.89. The van der Waals surface area contributed by atoms with Gasteiger partial charge >= 0.3 is 11.9 Å². The maximum atomic E-state index is 13.0. The first kappa shape index (κ1) is 25.9. The molecule has 4 rings (SSSR count). The smallest absolute Gasteiger partial charge is 0.313 e. The number of carboxylic acid groups (broad SMARTS) is 1. The summed E-state index contributed by atoms with van der Waals surface area (Å²) in [6, 6.07) is 5.34. The molecule has 3 atom stereocenters. The van der Waals surface area contributed by atoms with E-state index in [2.05, 4.69) is 20.7 Å². The van der Waals surface area contributed by atoms with Crippen molar-refractivity contribution < 1.29 is 33.9 Å². The number of oxime groups is 1. The van der Waals surface area contributed by atoms with Gasteiger partial charge in [0.1, 0.15) is 35.2 Å². The Balaban J connectivity index is 1.44. The Kier molecular flexibility index (Phi) is 7.80. The molecule has 0 aliphatic carbocycles. The van der Waals surface area contributed by atoms with Crippen LogP contribution in [0.2, 0.25) is 0 Å². The zero-order chi connectivity index (χ0) is 25.9. The van der Waals surface area contributed by atoms with E-state index in [4.69, 9.17) is 9.57 Å². The summed E-state index contributed by atoms with van der Waals surface area (Å²) in [6.07, 6.45) is 0. The molecule has 36 heavy (non-hydrogen) atoms. The first-order valence-electron chi connectivity index (χ1n) is 10.5. The van der Waals surface area contributed by atoms with E-state index >= 15 is 0 Å². The molecule has 0 radical (unpaired) electrons. The Morgan fingerprint density at radius 1 is 1.39 bits per heavy atom. The Hall–Kier alpha value is -3.17. The van der Waals surface area contributed by atoms with Gasteiger partial charge in [-0.05, 0) is 12.1 Å². The highest BCUT2D eigenvalue weighted by Gasteiger charge is 2.57. The van der Waals surface area contributed by atoms with Crippen molar-refractivity contribution in [2.75, 3.05) is 25.2 Å². The molecule has 0 spiro atoms. The highest BCUT2D eigenvalue weighted by molar-refractivity contribution is 8.01. The van der Waals surface area contributed by atoms with E-state index in [1.54, 1.807) is 23.7 Å². The van der Waals surface area contributed by atoms with Gasteiger partial charge in [-0.25, -0.2) is 0 Å². The summed E-state index contributed by atoms with van der Waals surface area (Å²) in [4.78, 5) is 55.7. The second-order valence-electron chi connectivity index (χ2n) is 7.94. The number of rotatable bonds is 9. The van der Waals surface area contributed by atoms with Crippen molar-refractivity contribution in [1.82, 2.24) is 20.4 Å². The third-order valence-electron chi connectivity index (χ3n) is 5.46. The number of hydrogen-bond donors (Lipinski definition) is 2. The van der Waals surface area contributed by atoms with E-state index in [9.17, 15) is 24.3 Å². The van der Waals surface area contributed by atoms with Crippen molar-refractivity contribution in [2.45, 2.75) is 22.7 Å². The lowest BCUT2D eigenvalue weighted by Gasteiger charge is -2.53. The van der Waals surface area contributed by atoms with Crippen LogP contribution < -0.4 is 10.1 Å². The number of thioether (sulfide) groups is 2. The van der Waals surface area contributed by atoms with Crippen LogP contribution in [0.25, 0.3) is 0 Å². The summed E-state index contributed by atoms with van der Waals surface area (Å²) in [5.41, 5.74) is 0.641. The molecule has 2 aromatic rings. The van der Waals surface area contributed by atoms with Crippen molar-refractivity contribution in [3.8, 4) is 5.75 Å². The summed E-state index contributed by atoms with van der Waals surface area (Å²) in [7, 11) is 1.28. The van der Waals surface area contributed by atoms with Gasteiger partial charge in [-0.3, -0.25) is 19.2 Å². The fraction of sp³-hybridized carbons (Fsp3) is 0.381. The summed E-state index contributed by atoms with van der Waals surface area (Å²) in [5.74, 6) is -1.82. The average Bonchev–Trinajstić information content (AvgIpc) is 3.37. The van der Waals surface area contributed by atoms with E-state index in [1.165, 1.54) is 59.9 Å². The minimum Gasteiger partial charge on any atom is -0.481 e. The fourth-order valence-corrected chi connectivity index (χ4v) is 7.08. The molecule has 2 saturated heterocycles. The molecule has 190 valence electrons. The number of hydrogen-bond acceptors (Lipinski definition) is 12. The van der Waals surface area contributed by atoms with Crippen LogP contribution in [-0.2, 0) is 24.0 Å². The molecule has 12 nitrogen and oxygen atoms in total. The number of fused-ring (bicyclic) bond motifs is 1. The van der Waals surface area contributed by atoms with Crippen LogP contribution >= 0.6 is 34.9 Å². The normalized spacial score (nSPS) is 23.3. The molecule has 0 bridgehead atoms. The summed E-state index contributed by atoms with van der Waals surface area (Å²) < 4.78 is 5.72. The quantitative estimate of drug-likeness (QED) is 0.115. The average molecular weight is 552 g/mol. The van der Waals surface area contributed by atoms with E-state index in [0.29, 0.717) is 9.90 Å². The van der Waals surface area contributed by atoms with Crippen LogP contribution in [0.1, 0.15) is 12.5 Å². The molecule has 0 saturated carbocycles. The van der Waals surface area contributed by atoms with Gasteiger partial charge in [-0.2, -0.15) is 0 Å². The maximum absolute atomic E-state index is 13.0. The van der Waals surface area contributed by atoms with Gasteiger partial charge in [-0.1, -0.05) is 40.4 Å². The number of amides is 2. The number of nitrogens with one attached hydrogen (secondary N) is 1. The molecule has 2 fully saturated rings. The molecule has 1 aromatic heterocycles. The molecule has 15 heteroatoms. The number of carbonyl (C=O) groups is 4. The fourth-order valence-electron chi connectivity index (χ4n) is 3.73. The topological polar surface area (TPSA) is 160 Å². The van der Waals surface area contributed by atoms with Crippen LogP contribution in [-0.4, -0.2) is 86.2 Å². The highest BCUT2D eigenvalue weighted by atomic mass is 32.2. The summed E-state index contributed by atoms with van der Waals surface area (Å²) in [5, 5.41) is 23.7. The van der Waals surface area contributed by atoms with Crippen LogP contribution in [0.5, 0.6) is 5.75 Å². The monoisotopic (exact) mass is 551 g/mol. The number of ether oxygens (including phenoxy) is 1. The van der Waals surface area contributed by atoms with Crippen molar-refractivity contribution in [3.05, 3.63) is 35.3 Å². The van der Waals surface area contributed by atoms with Crippen LogP contribution in [0.15, 0.2) is 39.3 Å². The molecule has 2 aliphatic rings. The molecule has 2 amide bonds. The Labute approximate surface area is 217 Å². The van der Waals surface area contributed by atoms with Gasteiger partial charge in [0, 0.05) is 30.5 Å². The third-order valence-corrected chi connectivity index (χ3v) is 9.20. The lowest BCUT2D eigenvalue weighted by Crippen LogP contribution is -2.74. The largest absolute Gasteiger partial charge is 0.481 e. The Morgan fingerprint density at radius 3 is 2.86 bits per heavy atom. The second-order valence-corrected chi connectivity index (χ2v) is 11.1. The second kappa shape index (κ2) is 10.8. The summed E-state index contributed by atoms with van der Waals surface area (Å²) >= 11 is 3.92. The first-order valence-corrected chi connectivity index (χ1v) is 13.4. The maximum Gasteiger partial charge on any atom is 0.313 e. The molecular weight excluding hydrogens is 530 g/mol. The Morgan fingerprint density at radius 2 is 2.19 bits per heavy atom. The van der Waals surface area contributed by atoms with Gasteiger partial charge < -0.3 is 24.9 Å². The predicted molar refractivity (Wildman–Crippen MR) is 132 cm³/mol. The molecule has 2 N–H and O–H groups in total. The SMILES string of the molecule is CON=C(C(=O)NC1C(=O)N2CC(CSc3nncs3)(C(=O)O)CS[C@H]12)c1cccc(OC(C)=O)c1. The van der Waals surface area contributed by atoms with E-state index in [1.807, 2.05) is 0 Å². The van der Waals surface area contributed by atoms with Gasteiger partial charge in [-0.15, -0.1) is 22.0 Å². The molecule has 1 aromatic carbocycles. The molecule has 2 aliphatic heterocycles. The number of carboxylic acids is 1. The van der Waals surface area contributed by atoms with E-state index < -0.39 is 34.7 Å². The molecule has 2 unspecified atom stereocenters. The zero-order valence-corrected chi connectivity index (χ0v) is 21.5. The van der Waals surface area contributed by atoms with Gasteiger partial charge in [0.05, 0.1) is 0 Å². The minimum absolute atomic E-state index is 0.0282. The molecular formula is C21H21N5O7S3. The number of carbonyl (C=O) groups excluding carboxylic acids is 3. The highest BCUT2D eigenvalue weighted by Crippen LogP contribution is 2.44. The predicted octanol–water partition coefficient (Wildman–Crippen LogP) is 1.08. The zero-order valence-electron chi connectivity index (χ0n) is 19.1. The third kappa shape index (κ3) is 5.32. The Bertz CT molecular complexity index is 1210. The van der Waals surface area contributed by atoms with E-state index in [-0.39, 0.29) is 35.4 Å². The number of esters is 1. The van der Waals surface area contributed by atoms with Crippen LogP contribution in [0.4, 0.5) is 0 Å². The number of aromatic nitrogens is 2. The number of β-lactam (4-membered cyclic amide) rings is 1. The van der Waals surface area contributed by atoms with Gasteiger partial charge in [0.25, 0.3) is 5.91 Å². The number of benzene rings is 1. The summed E-state index contributed by atoms with van der Waals surface area (Å²) in [6.45, 7) is 1.29.